The lowest BCUT2D eigenvalue weighted by molar-refractivity contribution is -0.308. The molecule has 1 aliphatic heterocycles. The first-order valence-electron chi connectivity index (χ1n) is 12.9. The van der Waals surface area contributed by atoms with Crippen molar-refractivity contribution in [3.8, 4) is 28.3 Å². The molecular weight excluding hydrogens is 543 g/mol. The standard InChI is InChI=1S/C29H32F3N3O6/c1-6-38-25-24(36-4)18(3)39-28(26(25)37-5)41-35-16-21-8-7-20(13-17(21)2)27-33-14-22(15-34-27)19-9-11-23(12-10-19)40-29(30,31)32/h7-16,18,24-26,28H,6H2,1-5H3/b35-16+/t18-,24-,25+,26+,28-/m0/s1. The van der Waals surface area contributed by atoms with Crippen molar-refractivity contribution >= 4 is 6.21 Å². The molecule has 0 amide bonds. The van der Waals surface area contributed by atoms with Crippen molar-refractivity contribution in [3.63, 3.8) is 0 Å². The Balaban J connectivity index is 1.41. The second kappa shape index (κ2) is 13.4. The zero-order valence-corrected chi connectivity index (χ0v) is 23.3. The predicted molar refractivity (Wildman–Crippen MR) is 144 cm³/mol. The number of nitrogens with zero attached hydrogens (tertiary/aromatic N) is 3. The molecule has 0 saturated carbocycles. The molecule has 12 heteroatoms. The molecule has 2 aromatic carbocycles. The van der Waals surface area contributed by atoms with Crippen molar-refractivity contribution in [1.29, 1.82) is 0 Å². The summed E-state index contributed by atoms with van der Waals surface area (Å²) in [5.74, 6) is 0.202. The maximum absolute atomic E-state index is 12.4. The minimum absolute atomic E-state index is 0.293. The third-order valence-electron chi connectivity index (χ3n) is 6.59. The summed E-state index contributed by atoms with van der Waals surface area (Å²) in [6, 6.07) is 11.2. The highest BCUT2D eigenvalue weighted by Gasteiger charge is 2.47. The van der Waals surface area contributed by atoms with Crippen LogP contribution in [0.2, 0.25) is 0 Å². The van der Waals surface area contributed by atoms with E-state index in [1.54, 1.807) is 32.8 Å². The Bertz CT molecular complexity index is 1300. The van der Waals surface area contributed by atoms with Crippen LogP contribution in [0, 0.1) is 6.92 Å². The second-order valence-corrected chi connectivity index (χ2v) is 9.31. The molecule has 0 bridgehead atoms. The smallest absolute Gasteiger partial charge is 0.406 e. The first-order chi connectivity index (χ1) is 19.6. The van der Waals surface area contributed by atoms with E-state index in [0.717, 1.165) is 16.7 Å². The van der Waals surface area contributed by atoms with Crippen molar-refractivity contribution in [1.82, 2.24) is 9.97 Å². The second-order valence-electron chi connectivity index (χ2n) is 9.31. The molecular formula is C29H32F3N3O6. The molecule has 4 rings (SSSR count). The van der Waals surface area contributed by atoms with Gasteiger partial charge in [0, 0.05) is 44.3 Å². The highest BCUT2D eigenvalue weighted by molar-refractivity contribution is 5.82. The van der Waals surface area contributed by atoms with Gasteiger partial charge in [0.05, 0.1) is 12.3 Å². The van der Waals surface area contributed by atoms with Crippen LogP contribution in [-0.4, -0.2) is 74.1 Å². The fraction of sp³-hybridized carbons (Fsp3) is 0.414. The number of aryl methyl sites for hydroxylation is 1. The first kappa shape index (κ1) is 30.4. The molecule has 1 aliphatic rings. The van der Waals surface area contributed by atoms with Gasteiger partial charge in [0.2, 0.25) is 0 Å². The molecule has 5 atom stereocenters. The summed E-state index contributed by atoms with van der Waals surface area (Å²) in [5.41, 5.74) is 3.83. The molecule has 41 heavy (non-hydrogen) atoms. The van der Waals surface area contributed by atoms with Crippen LogP contribution in [0.25, 0.3) is 22.5 Å². The molecule has 220 valence electrons. The molecule has 1 aromatic heterocycles. The first-order valence-corrected chi connectivity index (χ1v) is 12.9. The van der Waals surface area contributed by atoms with E-state index in [4.69, 9.17) is 23.8 Å². The van der Waals surface area contributed by atoms with Gasteiger partial charge in [-0.25, -0.2) is 9.97 Å². The predicted octanol–water partition coefficient (Wildman–Crippen LogP) is 5.55. The van der Waals surface area contributed by atoms with Crippen LogP contribution >= 0.6 is 0 Å². The zero-order valence-electron chi connectivity index (χ0n) is 23.3. The summed E-state index contributed by atoms with van der Waals surface area (Å²) in [5, 5.41) is 4.15. The molecule has 0 N–H and O–H groups in total. The molecule has 3 aromatic rings. The average Bonchev–Trinajstić information content (AvgIpc) is 2.94. The van der Waals surface area contributed by atoms with Gasteiger partial charge in [0.1, 0.15) is 18.0 Å². The van der Waals surface area contributed by atoms with E-state index in [-0.39, 0.29) is 24.1 Å². The Hall–Kier alpha value is -3.58. The average molecular weight is 576 g/mol. The fourth-order valence-electron chi connectivity index (χ4n) is 4.60. The molecule has 1 saturated heterocycles. The van der Waals surface area contributed by atoms with Gasteiger partial charge in [-0.2, -0.15) is 0 Å². The number of rotatable bonds is 10. The lowest BCUT2D eigenvalue weighted by atomic mass is 9.99. The molecule has 0 unspecified atom stereocenters. The van der Waals surface area contributed by atoms with Gasteiger partial charge in [-0.3, -0.25) is 0 Å². The van der Waals surface area contributed by atoms with E-state index >= 15 is 0 Å². The number of halogens is 3. The Labute approximate surface area is 236 Å². The summed E-state index contributed by atoms with van der Waals surface area (Å²) in [6.07, 6.45) is -2.23. The van der Waals surface area contributed by atoms with E-state index in [1.807, 2.05) is 39.0 Å². The number of hydrogen-bond acceptors (Lipinski definition) is 9. The van der Waals surface area contributed by atoms with Crippen LogP contribution in [0.3, 0.4) is 0 Å². The number of alkyl halides is 3. The third kappa shape index (κ3) is 7.59. The molecule has 0 aliphatic carbocycles. The van der Waals surface area contributed by atoms with Gasteiger partial charge in [-0.1, -0.05) is 29.4 Å². The highest BCUT2D eigenvalue weighted by atomic mass is 19.4. The van der Waals surface area contributed by atoms with Crippen LogP contribution in [0.4, 0.5) is 13.2 Å². The minimum Gasteiger partial charge on any atom is -0.406 e. The molecule has 2 heterocycles. The summed E-state index contributed by atoms with van der Waals surface area (Å²) in [6.45, 7) is 6.19. The summed E-state index contributed by atoms with van der Waals surface area (Å²) in [7, 11) is 3.16. The van der Waals surface area contributed by atoms with Gasteiger partial charge in [-0.05, 0) is 55.7 Å². The van der Waals surface area contributed by atoms with Gasteiger partial charge in [0.25, 0.3) is 6.29 Å². The van der Waals surface area contributed by atoms with E-state index in [9.17, 15) is 13.2 Å². The highest BCUT2D eigenvalue weighted by Crippen LogP contribution is 2.29. The van der Waals surface area contributed by atoms with Crippen molar-refractivity contribution in [2.75, 3.05) is 20.8 Å². The fourth-order valence-corrected chi connectivity index (χ4v) is 4.60. The lowest BCUT2D eigenvalue weighted by Gasteiger charge is -2.42. The van der Waals surface area contributed by atoms with Crippen LogP contribution in [0.5, 0.6) is 5.75 Å². The van der Waals surface area contributed by atoms with Gasteiger partial charge >= 0.3 is 6.36 Å². The van der Waals surface area contributed by atoms with E-state index in [1.165, 1.54) is 24.3 Å². The van der Waals surface area contributed by atoms with Crippen molar-refractivity contribution in [2.24, 2.45) is 5.16 Å². The number of methoxy groups -OCH3 is 2. The van der Waals surface area contributed by atoms with Crippen LogP contribution < -0.4 is 4.74 Å². The van der Waals surface area contributed by atoms with Crippen LogP contribution in [0.1, 0.15) is 25.0 Å². The van der Waals surface area contributed by atoms with E-state index in [2.05, 4.69) is 19.9 Å². The van der Waals surface area contributed by atoms with Crippen LogP contribution in [0.15, 0.2) is 60.0 Å². The number of ether oxygens (including phenoxy) is 5. The van der Waals surface area contributed by atoms with Crippen molar-refractivity contribution < 1.29 is 41.7 Å². The Morgan fingerprint density at radius 1 is 0.927 bits per heavy atom. The number of hydrogen-bond donors (Lipinski definition) is 0. The summed E-state index contributed by atoms with van der Waals surface area (Å²) in [4.78, 5) is 14.5. The number of aromatic nitrogens is 2. The Morgan fingerprint density at radius 2 is 1.59 bits per heavy atom. The van der Waals surface area contributed by atoms with Crippen molar-refractivity contribution in [3.05, 3.63) is 66.0 Å². The molecule has 0 radical (unpaired) electrons. The van der Waals surface area contributed by atoms with Crippen LogP contribution in [-0.2, 0) is 23.8 Å². The third-order valence-corrected chi connectivity index (χ3v) is 6.59. The summed E-state index contributed by atoms with van der Waals surface area (Å²) < 4.78 is 64.1. The Kier molecular flexibility index (Phi) is 9.92. The lowest BCUT2D eigenvalue weighted by Crippen LogP contribution is -2.59. The number of benzene rings is 2. The SMILES string of the molecule is CCO[C@@H]1[C@@H](OC)[C@H](C)O[C@@H](O/N=C/c2ccc(-c3ncc(-c4ccc(OC(F)(F)F)cc4)cn3)cc2C)[C@@H]1OC. The molecule has 0 spiro atoms. The quantitative estimate of drug-likeness (QED) is 0.230. The molecule has 1 fully saturated rings. The summed E-state index contributed by atoms with van der Waals surface area (Å²) >= 11 is 0. The van der Waals surface area contributed by atoms with Gasteiger partial charge in [0.15, 0.2) is 11.9 Å². The van der Waals surface area contributed by atoms with E-state index in [0.29, 0.717) is 23.6 Å². The zero-order chi connectivity index (χ0) is 29.6. The topological polar surface area (TPSA) is 93.5 Å². The Morgan fingerprint density at radius 3 is 2.17 bits per heavy atom. The maximum Gasteiger partial charge on any atom is 0.573 e. The van der Waals surface area contributed by atoms with Gasteiger partial charge in [-0.15, -0.1) is 13.2 Å². The van der Waals surface area contributed by atoms with Crippen molar-refractivity contribution in [2.45, 2.75) is 57.8 Å². The van der Waals surface area contributed by atoms with E-state index < -0.39 is 18.8 Å². The monoisotopic (exact) mass is 575 g/mol. The molecule has 9 nitrogen and oxygen atoms in total. The maximum atomic E-state index is 12.4. The minimum atomic E-state index is -4.74. The van der Waals surface area contributed by atoms with Gasteiger partial charge < -0.3 is 28.5 Å². The number of oxime groups is 1. The largest absolute Gasteiger partial charge is 0.573 e. The normalized spacial score (nSPS) is 23.1.